The van der Waals surface area contributed by atoms with Crippen LogP contribution in [0, 0.1) is 0 Å². The lowest BCUT2D eigenvalue weighted by atomic mass is 9.98. The minimum atomic E-state index is -0.246. The highest BCUT2D eigenvalue weighted by Gasteiger charge is 2.22. The lowest BCUT2D eigenvalue weighted by Crippen LogP contribution is -2.33. The minimum Gasteiger partial charge on any atom is -0.366 e. The van der Waals surface area contributed by atoms with Crippen LogP contribution in [0.1, 0.15) is 37.4 Å². The number of hydrogen-bond acceptors (Lipinski definition) is 4. The van der Waals surface area contributed by atoms with Gasteiger partial charge in [0.1, 0.15) is 0 Å². The van der Waals surface area contributed by atoms with Crippen molar-refractivity contribution in [1.82, 2.24) is 10.3 Å². The zero-order valence-electron chi connectivity index (χ0n) is 19.6. The second kappa shape index (κ2) is 10.7. The van der Waals surface area contributed by atoms with Gasteiger partial charge in [-0.2, -0.15) is 0 Å². The smallest absolute Gasteiger partial charge is 0.256 e. The van der Waals surface area contributed by atoms with E-state index in [1.54, 1.807) is 24.5 Å². The van der Waals surface area contributed by atoms with Crippen molar-refractivity contribution in [2.45, 2.75) is 19.5 Å². The Hall–Kier alpha value is -3.97. The zero-order chi connectivity index (χ0) is 24.9. The standard InChI is InChI=1S/C29H25BrN4O2/c30-26-10-4-3-9-24(26)29(36)33-23-11-12-27(34-15-13-21-7-1-2-8-22(21)19-34)25(16-23)28(35)32-18-20-6-5-14-31-17-20/h1-12,14,16-17H,13,15,18-19H2,(H,32,35)(H,33,36). The van der Waals surface area contributed by atoms with Crippen molar-refractivity contribution in [2.75, 3.05) is 16.8 Å². The molecule has 36 heavy (non-hydrogen) atoms. The fourth-order valence-corrected chi connectivity index (χ4v) is 4.86. The van der Waals surface area contributed by atoms with Crippen LogP contribution in [0.3, 0.4) is 0 Å². The van der Waals surface area contributed by atoms with Gasteiger partial charge in [-0.25, -0.2) is 0 Å². The molecule has 0 aliphatic carbocycles. The van der Waals surface area contributed by atoms with E-state index in [1.807, 2.05) is 48.5 Å². The van der Waals surface area contributed by atoms with Crippen LogP contribution in [0.2, 0.25) is 0 Å². The summed E-state index contributed by atoms with van der Waals surface area (Å²) in [5.74, 6) is -0.450. The summed E-state index contributed by atoms with van der Waals surface area (Å²) in [5.41, 5.74) is 5.96. The molecule has 0 radical (unpaired) electrons. The Balaban J connectivity index is 1.43. The molecule has 0 spiro atoms. The van der Waals surface area contributed by atoms with E-state index < -0.39 is 0 Å². The van der Waals surface area contributed by atoms with E-state index in [1.165, 1.54) is 11.1 Å². The third kappa shape index (κ3) is 5.31. The maximum atomic E-state index is 13.4. The molecule has 180 valence electrons. The normalized spacial score (nSPS) is 12.5. The van der Waals surface area contributed by atoms with Crippen molar-refractivity contribution in [3.8, 4) is 0 Å². The Kier molecular flexibility index (Phi) is 7.09. The fourth-order valence-electron chi connectivity index (χ4n) is 4.40. The maximum Gasteiger partial charge on any atom is 0.256 e. The highest BCUT2D eigenvalue weighted by Crippen LogP contribution is 2.30. The molecule has 2 N–H and O–H groups in total. The number of benzene rings is 3. The van der Waals surface area contributed by atoms with Gasteiger partial charge in [-0.15, -0.1) is 0 Å². The van der Waals surface area contributed by atoms with E-state index in [4.69, 9.17) is 0 Å². The molecule has 0 unspecified atom stereocenters. The molecule has 0 atom stereocenters. The molecule has 7 heteroatoms. The van der Waals surface area contributed by atoms with Gasteiger partial charge < -0.3 is 15.5 Å². The lowest BCUT2D eigenvalue weighted by Gasteiger charge is -2.32. The van der Waals surface area contributed by atoms with Gasteiger partial charge in [-0.1, -0.05) is 42.5 Å². The van der Waals surface area contributed by atoms with E-state index >= 15 is 0 Å². The van der Waals surface area contributed by atoms with Crippen LogP contribution in [-0.2, 0) is 19.5 Å². The number of fused-ring (bicyclic) bond motifs is 1. The van der Waals surface area contributed by atoms with Crippen molar-refractivity contribution < 1.29 is 9.59 Å². The summed E-state index contributed by atoms with van der Waals surface area (Å²) in [6, 6.07) is 24.9. The molecule has 1 aromatic heterocycles. The summed E-state index contributed by atoms with van der Waals surface area (Å²) in [5, 5.41) is 5.95. The topological polar surface area (TPSA) is 74.3 Å². The second-order valence-corrected chi connectivity index (χ2v) is 9.50. The van der Waals surface area contributed by atoms with E-state index in [0.29, 0.717) is 27.8 Å². The molecule has 6 nitrogen and oxygen atoms in total. The molecule has 0 bridgehead atoms. The van der Waals surface area contributed by atoms with Gasteiger partial charge in [0, 0.05) is 47.9 Å². The van der Waals surface area contributed by atoms with Crippen molar-refractivity contribution in [1.29, 1.82) is 0 Å². The molecule has 1 aliphatic heterocycles. The van der Waals surface area contributed by atoms with Crippen LogP contribution in [0.25, 0.3) is 0 Å². The summed E-state index contributed by atoms with van der Waals surface area (Å²) in [4.78, 5) is 32.6. The van der Waals surface area contributed by atoms with Gasteiger partial charge in [-0.3, -0.25) is 14.6 Å². The summed E-state index contributed by atoms with van der Waals surface area (Å²) < 4.78 is 0.709. The van der Waals surface area contributed by atoms with Crippen LogP contribution >= 0.6 is 15.9 Å². The Morgan fingerprint density at radius 2 is 1.69 bits per heavy atom. The van der Waals surface area contributed by atoms with E-state index in [0.717, 1.165) is 30.8 Å². The van der Waals surface area contributed by atoms with E-state index in [2.05, 4.69) is 54.6 Å². The Morgan fingerprint density at radius 3 is 2.50 bits per heavy atom. The van der Waals surface area contributed by atoms with Crippen molar-refractivity contribution in [3.63, 3.8) is 0 Å². The fraction of sp³-hybridized carbons (Fsp3) is 0.138. The molecule has 2 heterocycles. The average molecular weight is 541 g/mol. The zero-order valence-corrected chi connectivity index (χ0v) is 21.2. The monoisotopic (exact) mass is 540 g/mol. The molecule has 0 saturated carbocycles. The number of rotatable bonds is 6. The molecule has 0 fully saturated rings. The Morgan fingerprint density at radius 1 is 0.889 bits per heavy atom. The number of nitrogens with zero attached hydrogens (tertiary/aromatic N) is 2. The highest BCUT2D eigenvalue weighted by atomic mass is 79.9. The first-order valence-electron chi connectivity index (χ1n) is 11.8. The van der Waals surface area contributed by atoms with Gasteiger partial charge in [0.25, 0.3) is 11.8 Å². The number of anilines is 2. The predicted molar refractivity (Wildman–Crippen MR) is 145 cm³/mol. The number of hydrogen-bond donors (Lipinski definition) is 2. The van der Waals surface area contributed by atoms with E-state index in [9.17, 15) is 9.59 Å². The van der Waals surface area contributed by atoms with E-state index in [-0.39, 0.29) is 11.8 Å². The molecule has 2 amide bonds. The minimum absolute atomic E-state index is 0.204. The number of pyridine rings is 1. The molecular formula is C29H25BrN4O2. The first kappa shape index (κ1) is 23.8. The average Bonchev–Trinajstić information content (AvgIpc) is 2.92. The van der Waals surface area contributed by atoms with Gasteiger partial charge in [0.05, 0.1) is 11.1 Å². The predicted octanol–water partition coefficient (Wildman–Crippen LogP) is 5.59. The SMILES string of the molecule is O=C(Nc1ccc(N2CCc3ccccc3C2)c(C(=O)NCc2cccnc2)c1)c1ccccc1Br. The highest BCUT2D eigenvalue weighted by molar-refractivity contribution is 9.10. The third-order valence-corrected chi connectivity index (χ3v) is 6.96. The van der Waals surface area contributed by atoms with Crippen molar-refractivity contribution >= 4 is 39.1 Å². The summed E-state index contributed by atoms with van der Waals surface area (Å²) in [7, 11) is 0. The molecule has 3 aromatic carbocycles. The van der Waals surface area contributed by atoms with Gasteiger partial charge in [0.15, 0.2) is 0 Å². The first-order chi connectivity index (χ1) is 17.6. The first-order valence-corrected chi connectivity index (χ1v) is 12.6. The number of nitrogens with one attached hydrogen (secondary N) is 2. The van der Waals surface area contributed by atoms with Crippen LogP contribution < -0.4 is 15.5 Å². The Bertz CT molecular complexity index is 1410. The lowest BCUT2D eigenvalue weighted by molar-refractivity contribution is 0.0950. The number of amides is 2. The largest absolute Gasteiger partial charge is 0.366 e. The van der Waals surface area contributed by atoms with Crippen LogP contribution in [0.15, 0.2) is 95.7 Å². The number of halogens is 1. The maximum absolute atomic E-state index is 13.4. The summed E-state index contributed by atoms with van der Waals surface area (Å²) in [6.45, 7) is 1.90. The number of carbonyl (C=O) groups is 2. The van der Waals surface area contributed by atoms with Crippen LogP contribution in [0.4, 0.5) is 11.4 Å². The number of aromatic nitrogens is 1. The Labute approximate surface area is 218 Å². The van der Waals surface area contributed by atoms with Crippen molar-refractivity contribution in [2.24, 2.45) is 0 Å². The van der Waals surface area contributed by atoms with Crippen molar-refractivity contribution in [3.05, 3.63) is 124 Å². The molecular weight excluding hydrogens is 516 g/mol. The number of carbonyl (C=O) groups excluding carboxylic acids is 2. The van der Waals surface area contributed by atoms with Gasteiger partial charge in [-0.05, 0) is 75.4 Å². The molecule has 5 rings (SSSR count). The van der Waals surface area contributed by atoms with Crippen LogP contribution in [-0.4, -0.2) is 23.3 Å². The van der Waals surface area contributed by atoms with Crippen LogP contribution in [0.5, 0.6) is 0 Å². The molecule has 4 aromatic rings. The van der Waals surface area contributed by atoms with Gasteiger partial charge in [0.2, 0.25) is 0 Å². The third-order valence-electron chi connectivity index (χ3n) is 6.26. The summed E-state index contributed by atoms with van der Waals surface area (Å²) >= 11 is 3.43. The molecule has 1 aliphatic rings. The second-order valence-electron chi connectivity index (χ2n) is 8.65. The summed E-state index contributed by atoms with van der Waals surface area (Å²) in [6.07, 6.45) is 4.35. The molecule has 0 saturated heterocycles. The quantitative estimate of drug-likeness (QED) is 0.334. The van der Waals surface area contributed by atoms with Gasteiger partial charge >= 0.3 is 0 Å².